The number of fused-ring (bicyclic) bond motifs is 1. The Balaban J connectivity index is 1.97. The lowest BCUT2D eigenvalue weighted by molar-refractivity contribution is 0.102. The second-order valence-corrected chi connectivity index (χ2v) is 6.13. The summed E-state index contributed by atoms with van der Waals surface area (Å²) in [5.74, 6) is 0.695. The van der Waals surface area contributed by atoms with Gasteiger partial charge in [-0.2, -0.15) is 0 Å². The van der Waals surface area contributed by atoms with Crippen molar-refractivity contribution < 1.29 is 4.79 Å². The topological polar surface area (TPSA) is 59.3 Å². The van der Waals surface area contributed by atoms with Crippen molar-refractivity contribution in [1.29, 1.82) is 0 Å². The Morgan fingerprint density at radius 2 is 1.95 bits per heavy atom. The monoisotopic (exact) mass is 300 g/mol. The molecular formula is C15H16N4OS. The minimum Gasteiger partial charge on any atom is -0.321 e. The molecule has 2 heterocycles. The van der Waals surface area contributed by atoms with Gasteiger partial charge in [-0.05, 0) is 44.9 Å². The molecule has 0 aliphatic heterocycles. The molecule has 0 bridgehead atoms. The molecule has 0 atom stereocenters. The van der Waals surface area contributed by atoms with E-state index in [1.54, 1.807) is 0 Å². The number of hydrogen-bond acceptors (Lipinski definition) is 4. The van der Waals surface area contributed by atoms with E-state index in [9.17, 15) is 4.79 Å². The zero-order chi connectivity index (χ0) is 15.1. The molecule has 3 rings (SSSR count). The zero-order valence-electron chi connectivity index (χ0n) is 12.4. The number of rotatable bonds is 2. The molecule has 0 aliphatic carbocycles. The molecule has 0 spiro atoms. The van der Waals surface area contributed by atoms with Gasteiger partial charge in [-0.15, -0.1) is 10.2 Å². The second-order valence-electron chi connectivity index (χ2n) is 5.15. The van der Waals surface area contributed by atoms with Gasteiger partial charge in [0.05, 0.1) is 0 Å². The van der Waals surface area contributed by atoms with E-state index in [0.717, 1.165) is 33.3 Å². The van der Waals surface area contributed by atoms with Gasteiger partial charge in [-0.25, -0.2) is 0 Å². The summed E-state index contributed by atoms with van der Waals surface area (Å²) in [5.41, 5.74) is 3.89. The largest absolute Gasteiger partial charge is 0.321 e. The van der Waals surface area contributed by atoms with Crippen molar-refractivity contribution in [2.75, 3.05) is 5.32 Å². The Hall–Kier alpha value is -2.21. The van der Waals surface area contributed by atoms with Crippen LogP contribution < -0.4 is 5.32 Å². The average molecular weight is 300 g/mol. The van der Waals surface area contributed by atoms with Crippen LogP contribution in [0.5, 0.6) is 0 Å². The van der Waals surface area contributed by atoms with Crippen LogP contribution in [0.25, 0.3) is 4.96 Å². The lowest BCUT2D eigenvalue weighted by Gasteiger charge is -2.08. The quantitative estimate of drug-likeness (QED) is 0.790. The van der Waals surface area contributed by atoms with Crippen molar-refractivity contribution in [2.45, 2.75) is 27.7 Å². The standard InChI is InChI=1S/C15H16N4OS/c1-8-5-6-9(2)12(7-8)16-14(20)13-10(3)19-11(4)17-18-15(19)21-13/h5-7H,1-4H3,(H,16,20). The molecule has 0 saturated heterocycles. The molecule has 5 nitrogen and oxygen atoms in total. The summed E-state index contributed by atoms with van der Waals surface area (Å²) in [5, 5.41) is 11.1. The van der Waals surface area contributed by atoms with Crippen LogP contribution in [-0.4, -0.2) is 20.5 Å². The van der Waals surface area contributed by atoms with Gasteiger partial charge in [0, 0.05) is 11.4 Å². The maximum atomic E-state index is 12.5. The molecule has 0 radical (unpaired) electrons. The maximum absolute atomic E-state index is 12.5. The number of thiazole rings is 1. The fourth-order valence-corrected chi connectivity index (χ4v) is 3.33. The van der Waals surface area contributed by atoms with Crippen LogP contribution >= 0.6 is 11.3 Å². The summed E-state index contributed by atoms with van der Waals surface area (Å²) in [6.07, 6.45) is 0. The van der Waals surface area contributed by atoms with Crippen LogP contribution in [0.4, 0.5) is 5.69 Å². The highest BCUT2D eigenvalue weighted by Gasteiger charge is 2.18. The molecule has 0 aliphatic rings. The summed E-state index contributed by atoms with van der Waals surface area (Å²) in [6, 6.07) is 6.02. The zero-order valence-corrected chi connectivity index (χ0v) is 13.2. The van der Waals surface area contributed by atoms with Crippen LogP contribution in [0.1, 0.15) is 32.3 Å². The first-order valence-electron chi connectivity index (χ1n) is 6.67. The molecule has 6 heteroatoms. The van der Waals surface area contributed by atoms with Gasteiger partial charge < -0.3 is 5.32 Å². The van der Waals surface area contributed by atoms with Gasteiger partial charge in [0.15, 0.2) is 0 Å². The number of hydrogen-bond donors (Lipinski definition) is 1. The van der Waals surface area contributed by atoms with Gasteiger partial charge in [0.2, 0.25) is 4.96 Å². The fraction of sp³-hybridized carbons (Fsp3) is 0.267. The Kier molecular flexibility index (Phi) is 3.25. The molecule has 21 heavy (non-hydrogen) atoms. The third-order valence-electron chi connectivity index (χ3n) is 3.50. The number of carbonyl (C=O) groups excluding carboxylic acids is 1. The minimum atomic E-state index is -0.101. The first-order valence-corrected chi connectivity index (χ1v) is 7.48. The van der Waals surface area contributed by atoms with Crippen LogP contribution in [0.15, 0.2) is 18.2 Å². The van der Waals surface area contributed by atoms with Gasteiger partial charge in [-0.1, -0.05) is 23.5 Å². The van der Waals surface area contributed by atoms with E-state index in [2.05, 4.69) is 15.5 Å². The Bertz CT molecular complexity index is 847. The minimum absolute atomic E-state index is 0.101. The molecule has 0 saturated carbocycles. The van der Waals surface area contributed by atoms with Crippen LogP contribution in [0, 0.1) is 27.7 Å². The highest BCUT2D eigenvalue weighted by atomic mass is 32.1. The van der Waals surface area contributed by atoms with E-state index in [-0.39, 0.29) is 5.91 Å². The normalized spacial score (nSPS) is 11.0. The fourth-order valence-electron chi connectivity index (χ4n) is 2.32. The van der Waals surface area contributed by atoms with Crippen molar-refractivity contribution in [1.82, 2.24) is 14.6 Å². The molecule has 108 valence electrons. The van der Waals surface area contributed by atoms with E-state index in [1.165, 1.54) is 11.3 Å². The van der Waals surface area contributed by atoms with Gasteiger partial charge in [-0.3, -0.25) is 9.20 Å². The van der Waals surface area contributed by atoms with E-state index in [1.807, 2.05) is 50.3 Å². The summed E-state index contributed by atoms with van der Waals surface area (Å²) in [7, 11) is 0. The molecule has 1 N–H and O–H groups in total. The average Bonchev–Trinajstić information content (AvgIpc) is 2.96. The van der Waals surface area contributed by atoms with Crippen LogP contribution in [0.3, 0.4) is 0 Å². The van der Waals surface area contributed by atoms with Gasteiger partial charge in [0.1, 0.15) is 10.7 Å². The molecular weight excluding hydrogens is 284 g/mol. The third kappa shape index (κ3) is 2.31. The predicted octanol–water partition coefficient (Wildman–Crippen LogP) is 3.28. The van der Waals surface area contributed by atoms with E-state index in [4.69, 9.17) is 0 Å². The molecule has 0 unspecified atom stereocenters. The number of carbonyl (C=O) groups is 1. The number of benzene rings is 1. The highest BCUT2D eigenvalue weighted by Crippen LogP contribution is 2.24. The summed E-state index contributed by atoms with van der Waals surface area (Å²) < 4.78 is 1.91. The first kappa shape index (κ1) is 13.8. The van der Waals surface area contributed by atoms with Crippen LogP contribution in [-0.2, 0) is 0 Å². The van der Waals surface area contributed by atoms with E-state index >= 15 is 0 Å². The number of anilines is 1. The third-order valence-corrected chi connectivity index (χ3v) is 4.63. The van der Waals surface area contributed by atoms with Crippen molar-refractivity contribution in [3.63, 3.8) is 0 Å². The molecule has 0 fully saturated rings. The number of nitrogens with zero attached hydrogens (tertiary/aromatic N) is 3. The van der Waals surface area contributed by atoms with Crippen LogP contribution in [0.2, 0.25) is 0 Å². The number of aromatic nitrogens is 3. The van der Waals surface area contributed by atoms with Crippen molar-refractivity contribution in [3.05, 3.63) is 45.7 Å². The Morgan fingerprint density at radius 1 is 1.19 bits per heavy atom. The number of aryl methyl sites for hydroxylation is 4. The summed E-state index contributed by atoms with van der Waals surface area (Å²) in [6.45, 7) is 7.79. The molecule has 2 aromatic heterocycles. The summed E-state index contributed by atoms with van der Waals surface area (Å²) in [4.78, 5) is 13.9. The number of amides is 1. The number of nitrogens with one attached hydrogen (secondary N) is 1. The first-order chi connectivity index (χ1) is 9.97. The van der Waals surface area contributed by atoms with Gasteiger partial charge in [0.25, 0.3) is 5.91 Å². The maximum Gasteiger partial charge on any atom is 0.267 e. The van der Waals surface area contributed by atoms with Crippen molar-refractivity contribution >= 4 is 27.9 Å². The van der Waals surface area contributed by atoms with E-state index in [0.29, 0.717) is 4.88 Å². The van der Waals surface area contributed by atoms with Crippen molar-refractivity contribution in [2.24, 2.45) is 0 Å². The van der Waals surface area contributed by atoms with E-state index < -0.39 is 0 Å². The van der Waals surface area contributed by atoms with Crippen molar-refractivity contribution in [3.8, 4) is 0 Å². The molecule has 1 amide bonds. The Labute approximate surface area is 126 Å². The Morgan fingerprint density at radius 3 is 2.67 bits per heavy atom. The SMILES string of the molecule is Cc1ccc(C)c(NC(=O)c2sc3nnc(C)n3c2C)c1. The highest BCUT2D eigenvalue weighted by molar-refractivity contribution is 7.19. The smallest absolute Gasteiger partial charge is 0.267 e. The second kappa shape index (κ2) is 4.96. The predicted molar refractivity (Wildman–Crippen MR) is 84.2 cm³/mol. The molecule has 3 aromatic rings. The lowest BCUT2D eigenvalue weighted by atomic mass is 10.1. The summed E-state index contributed by atoms with van der Waals surface area (Å²) >= 11 is 1.36. The van der Waals surface area contributed by atoms with Gasteiger partial charge >= 0.3 is 0 Å². The molecule has 1 aromatic carbocycles. The lowest BCUT2D eigenvalue weighted by Crippen LogP contribution is -2.13.